The fraction of sp³-hybridized carbons (Fsp3) is 0.125. The third-order valence-corrected chi connectivity index (χ3v) is 3.48. The molecule has 0 fully saturated rings. The molecule has 0 aliphatic heterocycles. The summed E-state index contributed by atoms with van der Waals surface area (Å²) in [5, 5.41) is 7.12. The maximum absolute atomic E-state index is 12.2. The lowest BCUT2D eigenvalue weighted by Crippen LogP contribution is -2.15. The van der Waals surface area contributed by atoms with E-state index in [1.54, 1.807) is 30.5 Å². The molecular formula is C16H14ClN5O. The Morgan fingerprint density at radius 3 is 2.83 bits per heavy atom. The first kappa shape index (κ1) is 15.2. The summed E-state index contributed by atoms with van der Waals surface area (Å²) in [7, 11) is 0. The molecule has 0 radical (unpaired) electrons. The van der Waals surface area contributed by atoms with E-state index in [2.05, 4.69) is 25.6 Å². The fourth-order valence-electron chi connectivity index (χ4n) is 2.16. The molecule has 0 saturated carbocycles. The molecule has 1 aromatic carbocycles. The van der Waals surface area contributed by atoms with E-state index < -0.39 is 0 Å². The van der Waals surface area contributed by atoms with Gasteiger partial charge in [-0.25, -0.2) is 4.98 Å². The minimum Gasteiger partial charge on any atom is -0.370 e. The number of amides is 1. The van der Waals surface area contributed by atoms with E-state index in [1.165, 1.54) is 6.20 Å². The Bertz CT molecular complexity index is 854. The van der Waals surface area contributed by atoms with Gasteiger partial charge in [-0.2, -0.15) is 4.98 Å². The highest BCUT2D eigenvalue weighted by Crippen LogP contribution is 2.29. The zero-order valence-corrected chi connectivity index (χ0v) is 13.1. The summed E-state index contributed by atoms with van der Waals surface area (Å²) >= 11 is 6.24. The Labute approximate surface area is 137 Å². The molecule has 116 valence electrons. The molecule has 0 saturated heterocycles. The van der Waals surface area contributed by atoms with Crippen LogP contribution in [-0.4, -0.2) is 27.4 Å². The van der Waals surface area contributed by atoms with Crippen molar-refractivity contribution in [3.8, 4) is 0 Å². The summed E-state index contributed by atoms with van der Waals surface area (Å²) in [6.45, 7) is 2.63. The van der Waals surface area contributed by atoms with Crippen LogP contribution in [0.5, 0.6) is 0 Å². The molecule has 3 aromatic rings. The van der Waals surface area contributed by atoms with Crippen LogP contribution in [0.15, 0.2) is 42.7 Å². The minimum atomic E-state index is -0.318. The number of rotatable bonds is 4. The molecule has 0 unspecified atom stereocenters. The number of fused-ring (bicyclic) bond motifs is 1. The first-order valence-corrected chi connectivity index (χ1v) is 7.48. The van der Waals surface area contributed by atoms with Crippen molar-refractivity contribution >= 4 is 40.2 Å². The quantitative estimate of drug-likeness (QED) is 0.768. The van der Waals surface area contributed by atoms with Crippen LogP contribution in [0.4, 0.5) is 11.8 Å². The van der Waals surface area contributed by atoms with Crippen molar-refractivity contribution in [2.24, 2.45) is 0 Å². The Hall–Kier alpha value is -2.73. The lowest BCUT2D eigenvalue weighted by molar-refractivity contribution is 0.102. The van der Waals surface area contributed by atoms with Crippen LogP contribution in [0.25, 0.3) is 10.9 Å². The Morgan fingerprint density at radius 2 is 2.09 bits per heavy atom. The SMILES string of the molecule is CCNc1nc(NC(=O)c2cccnc2)nc2cccc(Cl)c12. The maximum atomic E-state index is 12.2. The molecule has 0 aliphatic rings. The molecule has 2 N–H and O–H groups in total. The highest BCUT2D eigenvalue weighted by atomic mass is 35.5. The Balaban J connectivity index is 2.00. The number of hydrogen-bond donors (Lipinski definition) is 2. The van der Waals surface area contributed by atoms with Crippen molar-refractivity contribution in [3.05, 3.63) is 53.3 Å². The van der Waals surface area contributed by atoms with Crippen molar-refractivity contribution < 1.29 is 4.79 Å². The van der Waals surface area contributed by atoms with Crippen LogP contribution in [0.2, 0.25) is 5.02 Å². The third-order valence-electron chi connectivity index (χ3n) is 3.17. The van der Waals surface area contributed by atoms with Crippen LogP contribution in [-0.2, 0) is 0 Å². The summed E-state index contributed by atoms with van der Waals surface area (Å²) in [6, 6.07) is 8.77. The van der Waals surface area contributed by atoms with Crippen molar-refractivity contribution in [2.75, 3.05) is 17.2 Å². The van der Waals surface area contributed by atoms with Crippen LogP contribution < -0.4 is 10.6 Å². The number of benzene rings is 1. The third kappa shape index (κ3) is 3.22. The number of anilines is 2. The predicted molar refractivity (Wildman–Crippen MR) is 90.9 cm³/mol. The molecule has 2 heterocycles. The van der Waals surface area contributed by atoms with Gasteiger partial charge < -0.3 is 5.32 Å². The molecule has 0 atom stereocenters. The van der Waals surface area contributed by atoms with E-state index in [0.29, 0.717) is 28.5 Å². The van der Waals surface area contributed by atoms with Crippen molar-refractivity contribution in [1.29, 1.82) is 0 Å². The number of nitrogens with one attached hydrogen (secondary N) is 2. The van der Waals surface area contributed by atoms with E-state index in [-0.39, 0.29) is 11.9 Å². The van der Waals surface area contributed by atoms with Gasteiger partial charge in [0.1, 0.15) is 5.82 Å². The van der Waals surface area contributed by atoms with Gasteiger partial charge in [0.15, 0.2) is 0 Å². The van der Waals surface area contributed by atoms with Crippen LogP contribution in [0, 0.1) is 0 Å². The van der Waals surface area contributed by atoms with Gasteiger partial charge in [-0.1, -0.05) is 17.7 Å². The zero-order chi connectivity index (χ0) is 16.2. The Morgan fingerprint density at radius 1 is 1.22 bits per heavy atom. The first-order valence-electron chi connectivity index (χ1n) is 7.10. The molecule has 7 heteroatoms. The number of aromatic nitrogens is 3. The summed E-state index contributed by atoms with van der Waals surface area (Å²) in [5.41, 5.74) is 1.09. The minimum absolute atomic E-state index is 0.213. The second-order valence-corrected chi connectivity index (χ2v) is 5.16. The van der Waals surface area contributed by atoms with Crippen molar-refractivity contribution in [1.82, 2.24) is 15.0 Å². The van der Waals surface area contributed by atoms with Gasteiger partial charge in [-0.3, -0.25) is 15.1 Å². The van der Waals surface area contributed by atoms with Gasteiger partial charge in [-0.05, 0) is 31.2 Å². The molecule has 0 aliphatic carbocycles. The summed E-state index contributed by atoms with van der Waals surface area (Å²) in [6.07, 6.45) is 3.09. The smallest absolute Gasteiger partial charge is 0.259 e. The standard InChI is InChI=1S/C16H14ClN5O/c1-2-19-14-13-11(17)6-3-7-12(13)20-16(21-14)22-15(23)10-5-4-8-18-9-10/h3-9H,2H2,1H3,(H2,19,20,21,22,23). The van der Waals surface area contributed by atoms with Gasteiger partial charge in [0, 0.05) is 18.9 Å². The second-order valence-electron chi connectivity index (χ2n) is 4.76. The van der Waals surface area contributed by atoms with Gasteiger partial charge in [0.05, 0.1) is 21.5 Å². The van der Waals surface area contributed by atoms with Crippen LogP contribution >= 0.6 is 11.6 Å². The predicted octanol–water partition coefficient (Wildman–Crippen LogP) is 3.36. The van der Waals surface area contributed by atoms with Crippen LogP contribution in [0.3, 0.4) is 0 Å². The van der Waals surface area contributed by atoms with E-state index in [9.17, 15) is 4.79 Å². The molecule has 0 spiro atoms. The molecule has 0 bridgehead atoms. The largest absolute Gasteiger partial charge is 0.370 e. The van der Waals surface area contributed by atoms with Crippen molar-refractivity contribution in [2.45, 2.75) is 6.92 Å². The molecular weight excluding hydrogens is 314 g/mol. The fourth-order valence-corrected chi connectivity index (χ4v) is 2.42. The van der Waals surface area contributed by atoms with Gasteiger partial charge >= 0.3 is 0 Å². The number of carbonyl (C=O) groups is 1. The van der Waals surface area contributed by atoms with E-state index >= 15 is 0 Å². The Kier molecular flexibility index (Phi) is 4.34. The topological polar surface area (TPSA) is 79.8 Å². The van der Waals surface area contributed by atoms with E-state index in [0.717, 1.165) is 5.39 Å². The summed E-state index contributed by atoms with van der Waals surface area (Å²) < 4.78 is 0. The number of hydrogen-bond acceptors (Lipinski definition) is 5. The van der Waals surface area contributed by atoms with Gasteiger partial charge in [0.25, 0.3) is 5.91 Å². The van der Waals surface area contributed by atoms with E-state index in [1.807, 2.05) is 13.0 Å². The molecule has 23 heavy (non-hydrogen) atoms. The lowest BCUT2D eigenvalue weighted by Gasteiger charge is -2.11. The summed E-state index contributed by atoms with van der Waals surface area (Å²) in [5.74, 6) is 0.482. The average molecular weight is 328 g/mol. The van der Waals surface area contributed by atoms with Gasteiger partial charge in [0.2, 0.25) is 5.95 Å². The summed E-state index contributed by atoms with van der Waals surface area (Å²) in [4.78, 5) is 24.8. The highest BCUT2D eigenvalue weighted by molar-refractivity contribution is 6.36. The average Bonchev–Trinajstić information content (AvgIpc) is 2.56. The normalized spacial score (nSPS) is 10.5. The number of carbonyl (C=O) groups excluding carboxylic acids is 1. The number of pyridine rings is 1. The second kappa shape index (κ2) is 6.58. The van der Waals surface area contributed by atoms with Crippen molar-refractivity contribution in [3.63, 3.8) is 0 Å². The molecule has 3 rings (SSSR count). The number of halogens is 1. The first-order chi connectivity index (χ1) is 11.2. The molecule has 6 nitrogen and oxygen atoms in total. The van der Waals surface area contributed by atoms with E-state index in [4.69, 9.17) is 11.6 Å². The van der Waals surface area contributed by atoms with Gasteiger partial charge in [-0.15, -0.1) is 0 Å². The monoisotopic (exact) mass is 327 g/mol. The molecule has 1 amide bonds. The zero-order valence-electron chi connectivity index (χ0n) is 12.4. The maximum Gasteiger partial charge on any atom is 0.259 e. The highest BCUT2D eigenvalue weighted by Gasteiger charge is 2.13. The molecule has 2 aromatic heterocycles. The van der Waals surface area contributed by atoms with Crippen LogP contribution in [0.1, 0.15) is 17.3 Å². The number of nitrogens with zero attached hydrogens (tertiary/aromatic N) is 3. The lowest BCUT2D eigenvalue weighted by atomic mass is 10.2.